The molecule has 20 heavy (non-hydrogen) atoms. The number of hydrogen-bond donors (Lipinski definition) is 1. The second-order valence-corrected chi connectivity index (χ2v) is 6.42. The van der Waals surface area contributed by atoms with Gasteiger partial charge in [0, 0.05) is 16.7 Å². The van der Waals surface area contributed by atoms with Crippen LogP contribution in [-0.2, 0) is 5.75 Å². The Labute approximate surface area is 126 Å². The summed E-state index contributed by atoms with van der Waals surface area (Å²) < 4.78 is 0. The van der Waals surface area contributed by atoms with Gasteiger partial charge in [0.15, 0.2) is 0 Å². The monoisotopic (exact) mass is 285 g/mol. The zero-order valence-electron chi connectivity index (χ0n) is 12.5. The molecule has 2 N–H and O–H groups in total. The van der Waals surface area contributed by atoms with Crippen LogP contribution in [0.1, 0.15) is 41.6 Å². The number of aryl methyl sites for hydroxylation is 2. The highest BCUT2D eigenvalue weighted by molar-refractivity contribution is 7.98. The van der Waals surface area contributed by atoms with E-state index in [2.05, 4.69) is 63.2 Å². The first-order valence-corrected chi connectivity index (χ1v) is 8.12. The summed E-state index contributed by atoms with van der Waals surface area (Å²) in [6, 6.07) is 15.6. The van der Waals surface area contributed by atoms with Gasteiger partial charge in [0.1, 0.15) is 0 Å². The SMILES string of the molecule is CC[C@@H](N)c1ccc(SCc2cc(C)cc(C)c2)cc1. The molecule has 2 heteroatoms. The van der Waals surface area contributed by atoms with Gasteiger partial charge >= 0.3 is 0 Å². The number of benzene rings is 2. The normalized spacial score (nSPS) is 12.4. The van der Waals surface area contributed by atoms with Crippen LogP contribution in [0.15, 0.2) is 47.4 Å². The van der Waals surface area contributed by atoms with Crippen molar-refractivity contribution in [2.75, 3.05) is 0 Å². The minimum absolute atomic E-state index is 0.161. The maximum absolute atomic E-state index is 6.04. The third-order valence-corrected chi connectivity index (χ3v) is 4.52. The molecule has 2 aromatic carbocycles. The standard InChI is InChI=1S/C18H23NS/c1-4-18(19)16-5-7-17(8-6-16)20-12-15-10-13(2)9-14(3)11-15/h5-11,18H,4,12,19H2,1-3H3/t18-/m1/s1. The van der Waals surface area contributed by atoms with Gasteiger partial charge in [0.25, 0.3) is 0 Å². The average molecular weight is 285 g/mol. The summed E-state index contributed by atoms with van der Waals surface area (Å²) >= 11 is 1.88. The van der Waals surface area contributed by atoms with Crippen molar-refractivity contribution in [3.8, 4) is 0 Å². The fourth-order valence-electron chi connectivity index (χ4n) is 2.37. The maximum atomic E-state index is 6.04. The summed E-state index contributed by atoms with van der Waals surface area (Å²) in [5.74, 6) is 1.02. The van der Waals surface area contributed by atoms with Gasteiger partial charge in [-0.3, -0.25) is 0 Å². The third kappa shape index (κ3) is 4.12. The first-order chi connectivity index (χ1) is 9.58. The van der Waals surface area contributed by atoms with Crippen LogP contribution in [0.2, 0.25) is 0 Å². The minimum atomic E-state index is 0.161. The number of nitrogens with two attached hydrogens (primary N) is 1. The van der Waals surface area contributed by atoms with Crippen LogP contribution in [0, 0.1) is 13.8 Å². The van der Waals surface area contributed by atoms with Crippen LogP contribution < -0.4 is 5.73 Å². The summed E-state index contributed by atoms with van der Waals surface area (Å²) in [6.45, 7) is 6.43. The molecule has 1 atom stereocenters. The molecule has 0 spiro atoms. The van der Waals surface area contributed by atoms with Gasteiger partial charge in [-0.05, 0) is 43.5 Å². The maximum Gasteiger partial charge on any atom is 0.0292 e. The Bertz CT molecular complexity index is 540. The molecule has 0 heterocycles. The Hall–Kier alpha value is -1.25. The van der Waals surface area contributed by atoms with E-state index in [1.54, 1.807) is 0 Å². The van der Waals surface area contributed by atoms with E-state index >= 15 is 0 Å². The van der Waals surface area contributed by atoms with E-state index in [-0.39, 0.29) is 6.04 Å². The Morgan fingerprint density at radius 3 is 2.15 bits per heavy atom. The van der Waals surface area contributed by atoms with Crippen molar-refractivity contribution >= 4 is 11.8 Å². The molecule has 0 amide bonds. The van der Waals surface area contributed by atoms with Crippen molar-refractivity contribution in [1.29, 1.82) is 0 Å². The van der Waals surface area contributed by atoms with E-state index in [9.17, 15) is 0 Å². The quantitative estimate of drug-likeness (QED) is 0.782. The third-order valence-electron chi connectivity index (χ3n) is 3.44. The fraction of sp³-hybridized carbons (Fsp3) is 0.333. The molecule has 0 radical (unpaired) electrons. The fourth-order valence-corrected chi connectivity index (χ4v) is 3.19. The molecule has 0 aliphatic heterocycles. The van der Waals surface area contributed by atoms with Crippen LogP contribution in [-0.4, -0.2) is 0 Å². The van der Waals surface area contributed by atoms with Crippen molar-refractivity contribution in [2.24, 2.45) is 5.73 Å². The Morgan fingerprint density at radius 1 is 1.00 bits per heavy atom. The van der Waals surface area contributed by atoms with Gasteiger partial charge in [0.05, 0.1) is 0 Å². The van der Waals surface area contributed by atoms with E-state index in [1.807, 2.05) is 11.8 Å². The van der Waals surface area contributed by atoms with Crippen LogP contribution in [0.5, 0.6) is 0 Å². The lowest BCUT2D eigenvalue weighted by molar-refractivity contribution is 0.698. The predicted molar refractivity (Wildman–Crippen MR) is 89.1 cm³/mol. The lowest BCUT2D eigenvalue weighted by Gasteiger charge is -2.10. The van der Waals surface area contributed by atoms with Crippen LogP contribution in [0.3, 0.4) is 0 Å². The largest absolute Gasteiger partial charge is 0.324 e. The highest BCUT2D eigenvalue weighted by Crippen LogP contribution is 2.25. The van der Waals surface area contributed by atoms with Crippen molar-refractivity contribution in [2.45, 2.75) is 43.9 Å². The smallest absolute Gasteiger partial charge is 0.0292 e. The van der Waals surface area contributed by atoms with Crippen LogP contribution in [0.4, 0.5) is 0 Å². The molecule has 1 nitrogen and oxygen atoms in total. The lowest BCUT2D eigenvalue weighted by atomic mass is 10.1. The molecular weight excluding hydrogens is 262 g/mol. The summed E-state index contributed by atoms with van der Waals surface area (Å²) in [6.07, 6.45) is 0.981. The van der Waals surface area contributed by atoms with E-state index in [4.69, 9.17) is 5.73 Å². The summed E-state index contributed by atoms with van der Waals surface area (Å²) in [5.41, 5.74) is 11.3. The van der Waals surface area contributed by atoms with Gasteiger partial charge in [-0.25, -0.2) is 0 Å². The van der Waals surface area contributed by atoms with Gasteiger partial charge in [-0.2, -0.15) is 0 Å². The number of thioether (sulfide) groups is 1. The Balaban J connectivity index is 2.00. The van der Waals surface area contributed by atoms with Gasteiger partial charge in [-0.1, -0.05) is 48.4 Å². The van der Waals surface area contributed by atoms with Crippen molar-refractivity contribution in [3.63, 3.8) is 0 Å². The molecule has 0 fully saturated rings. The van der Waals surface area contributed by atoms with Crippen molar-refractivity contribution < 1.29 is 0 Å². The van der Waals surface area contributed by atoms with Gasteiger partial charge in [0.2, 0.25) is 0 Å². The first kappa shape index (κ1) is 15.1. The Morgan fingerprint density at radius 2 is 1.60 bits per heavy atom. The molecule has 2 rings (SSSR count). The first-order valence-electron chi connectivity index (χ1n) is 7.14. The lowest BCUT2D eigenvalue weighted by Crippen LogP contribution is -2.07. The zero-order valence-corrected chi connectivity index (χ0v) is 13.3. The zero-order chi connectivity index (χ0) is 14.5. The van der Waals surface area contributed by atoms with E-state index in [1.165, 1.54) is 27.1 Å². The van der Waals surface area contributed by atoms with Gasteiger partial charge < -0.3 is 5.73 Å². The number of hydrogen-bond acceptors (Lipinski definition) is 2. The van der Waals surface area contributed by atoms with Crippen molar-refractivity contribution in [1.82, 2.24) is 0 Å². The van der Waals surface area contributed by atoms with Crippen molar-refractivity contribution in [3.05, 3.63) is 64.7 Å². The molecule has 0 aliphatic rings. The van der Waals surface area contributed by atoms with E-state index in [0.29, 0.717) is 0 Å². The molecule has 0 aromatic heterocycles. The predicted octanol–water partition coefficient (Wildman–Crippen LogP) is 5.01. The number of rotatable bonds is 5. The Kier molecular flexibility index (Phi) is 5.27. The van der Waals surface area contributed by atoms with E-state index < -0.39 is 0 Å². The highest BCUT2D eigenvalue weighted by Gasteiger charge is 2.03. The second kappa shape index (κ2) is 6.96. The average Bonchev–Trinajstić information content (AvgIpc) is 2.44. The summed E-state index contributed by atoms with van der Waals surface area (Å²) in [7, 11) is 0. The molecule has 0 unspecified atom stereocenters. The van der Waals surface area contributed by atoms with E-state index in [0.717, 1.165) is 12.2 Å². The summed E-state index contributed by atoms with van der Waals surface area (Å²) in [5, 5.41) is 0. The second-order valence-electron chi connectivity index (χ2n) is 5.37. The molecule has 0 bridgehead atoms. The van der Waals surface area contributed by atoms with Crippen LogP contribution >= 0.6 is 11.8 Å². The molecule has 0 saturated heterocycles. The van der Waals surface area contributed by atoms with Gasteiger partial charge in [-0.15, -0.1) is 11.8 Å². The summed E-state index contributed by atoms with van der Waals surface area (Å²) in [4.78, 5) is 1.30. The highest BCUT2D eigenvalue weighted by atomic mass is 32.2. The minimum Gasteiger partial charge on any atom is -0.324 e. The molecule has 2 aromatic rings. The molecule has 0 saturated carbocycles. The topological polar surface area (TPSA) is 26.0 Å². The van der Waals surface area contributed by atoms with Crippen LogP contribution in [0.25, 0.3) is 0 Å². The molecule has 106 valence electrons. The molecule has 0 aliphatic carbocycles. The molecular formula is C18H23NS.